The van der Waals surface area contributed by atoms with Crippen molar-refractivity contribution in [2.45, 2.75) is 13.0 Å². The van der Waals surface area contributed by atoms with E-state index in [1.165, 1.54) is 12.5 Å². The maximum absolute atomic E-state index is 13.7. The van der Waals surface area contributed by atoms with Crippen LogP contribution < -0.4 is 15.4 Å². The highest BCUT2D eigenvalue weighted by atomic mass is 35.5. The van der Waals surface area contributed by atoms with Crippen LogP contribution in [0, 0.1) is 5.82 Å². The second-order valence-electron chi connectivity index (χ2n) is 5.39. The number of anilines is 2. The molecule has 1 aliphatic heterocycles. The van der Waals surface area contributed by atoms with Gasteiger partial charge in [-0.25, -0.2) is 27.8 Å². The van der Waals surface area contributed by atoms with E-state index in [2.05, 4.69) is 15.1 Å². The molecular formula is C14H14ClF3N6O. The van der Waals surface area contributed by atoms with Gasteiger partial charge in [0.2, 0.25) is 0 Å². The molecule has 0 saturated carbocycles. The van der Waals surface area contributed by atoms with Gasteiger partial charge in [-0.3, -0.25) is 4.79 Å². The van der Waals surface area contributed by atoms with Crippen LogP contribution in [0.1, 0.15) is 0 Å². The summed E-state index contributed by atoms with van der Waals surface area (Å²) in [7, 11) is 0. The van der Waals surface area contributed by atoms with Gasteiger partial charge in [0, 0.05) is 26.2 Å². The molecule has 0 unspecified atom stereocenters. The second kappa shape index (κ2) is 7.26. The molecule has 0 aliphatic carbocycles. The van der Waals surface area contributed by atoms with Crippen LogP contribution in [0.15, 0.2) is 23.5 Å². The predicted molar refractivity (Wildman–Crippen MR) is 85.9 cm³/mol. The van der Waals surface area contributed by atoms with Gasteiger partial charge in [-0.1, -0.05) is 11.6 Å². The molecule has 0 aromatic carbocycles. The number of rotatable bonds is 4. The Hall–Kier alpha value is -2.36. The molecule has 0 spiro atoms. The summed E-state index contributed by atoms with van der Waals surface area (Å²) in [6.07, 6.45) is 0.970. The van der Waals surface area contributed by atoms with Gasteiger partial charge in [-0.15, -0.1) is 0 Å². The van der Waals surface area contributed by atoms with Crippen molar-refractivity contribution in [2.75, 3.05) is 36.0 Å². The van der Waals surface area contributed by atoms with Gasteiger partial charge in [0.25, 0.3) is 12.0 Å². The molecule has 3 heterocycles. The zero-order chi connectivity index (χ0) is 18.0. The van der Waals surface area contributed by atoms with E-state index in [0.29, 0.717) is 36.5 Å². The molecule has 11 heteroatoms. The van der Waals surface area contributed by atoms with Crippen molar-refractivity contribution in [2.24, 2.45) is 0 Å². The fraction of sp³-hybridized carbons (Fsp3) is 0.429. The fourth-order valence-electron chi connectivity index (χ4n) is 2.64. The summed E-state index contributed by atoms with van der Waals surface area (Å²) in [6, 6.07) is 0. The van der Waals surface area contributed by atoms with Gasteiger partial charge in [-0.05, 0) is 0 Å². The van der Waals surface area contributed by atoms with Crippen molar-refractivity contribution >= 4 is 23.1 Å². The largest absolute Gasteiger partial charge is 0.365 e. The molecule has 1 aliphatic rings. The highest BCUT2D eigenvalue weighted by Crippen LogP contribution is 2.24. The van der Waals surface area contributed by atoms with Crippen LogP contribution in [-0.4, -0.2) is 52.4 Å². The summed E-state index contributed by atoms with van der Waals surface area (Å²) in [4.78, 5) is 23.1. The highest BCUT2D eigenvalue weighted by Gasteiger charge is 2.24. The van der Waals surface area contributed by atoms with E-state index in [-0.39, 0.29) is 10.8 Å². The molecule has 2 aromatic heterocycles. The van der Waals surface area contributed by atoms with Crippen LogP contribution in [0.25, 0.3) is 0 Å². The van der Waals surface area contributed by atoms with Crippen molar-refractivity contribution in [3.05, 3.63) is 39.9 Å². The highest BCUT2D eigenvalue weighted by molar-refractivity contribution is 6.33. The third kappa shape index (κ3) is 3.68. The van der Waals surface area contributed by atoms with Gasteiger partial charge in [0.1, 0.15) is 17.9 Å². The van der Waals surface area contributed by atoms with E-state index in [1.807, 2.05) is 0 Å². The zero-order valence-electron chi connectivity index (χ0n) is 12.9. The number of hydrogen-bond acceptors (Lipinski definition) is 6. The molecule has 0 bridgehead atoms. The van der Waals surface area contributed by atoms with Crippen molar-refractivity contribution in [1.29, 1.82) is 0 Å². The Morgan fingerprint density at radius 2 is 1.84 bits per heavy atom. The Balaban J connectivity index is 1.74. The minimum Gasteiger partial charge on any atom is -0.365 e. The molecule has 134 valence electrons. The molecule has 1 saturated heterocycles. The normalized spacial score (nSPS) is 15.1. The summed E-state index contributed by atoms with van der Waals surface area (Å²) in [5.74, 6) is -0.295. The number of halogens is 4. The monoisotopic (exact) mass is 374 g/mol. The Kier molecular flexibility index (Phi) is 5.07. The third-order valence-corrected chi connectivity index (χ3v) is 4.20. The van der Waals surface area contributed by atoms with Crippen LogP contribution in [0.5, 0.6) is 0 Å². The molecule has 0 N–H and O–H groups in total. The number of aromatic nitrogens is 4. The fourth-order valence-corrected chi connectivity index (χ4v) is 2.90. The Morgan fingerprint density at radius 1 is 1.16 bits per heavy atom. The first-order valence-electron chi connectivity index (χ1n) is 7.46. The topological polar surface area (TPSA) is 67.2 Å². The quantitative estimate of drug-likeness (QED) is 0.806. The van der Waals surface area contributed by atoms with E-state index >= 15 is 0 Å². The number of hydrogen-bond donors (Lipinski definition) is 0. The average molecular weight is 375 g/mol. The Bertz CT molecular complexity index is 809. The van der Waals surface area contributed by atoms with E-state index in [0.717, 1.165) is 6.20 Å². The van der Waals surface area contributed by atoms with E-state index < -0.39 is 24.3 Å². The predicted octanol–water partition coefficient (Wildman–Crippen LogP) is 1.42. The number of piperazine rings is 1. The van der Waals surface area contributed by atoms with Crippen LogP contribution in [0.3, 0.4) is 0 Å². The van der Waals surface area contributed by atoms with Crippen LogP contribution in [0.2, 0.25) is 5.02 Å². The average Bonchev–Trinajstić information content (AvgIpc) is 2.60. The van der Waals surface area contributed by atoms with Crippen molar-refractivity contribution < 1.29 is 13.2 Å². The molecule has 25 heavy (non-hydrogen) atoms. The third-order valence-electron chi connectivity index (χ3n) is 3.85. The lowest BCUT2D eigenvalue weighted by atomic mass is 10.2. The summed E-state index contributed by atoms with van der Waals surface area (Å²) in [6.45, 7) is 0.987. The van der Waals surface area contributed by atoms with Gasteiger partial charge in [-0.2, -0.15) is 5.10 Å². The lowest BCUT2D eigenvalue weighted by molar-refractivity contribution is 0.119. The van der Waals surface area contributed by atoms with Gasteiger partial charge in [0.15, 0.2) is 11.6 Å². The van der Waals surface area contributed by atoms with E-state index in [4.69, 9.17) is 11.6 Å². The molecule has 2 aromatic rings. The van der Waals surface area contributed by atoms with Crippen molar-refractivity contribution in [1.82, 2.24) is 19.7 Å². The Morgan fingerprint density at radius 3 is 2.48 bits per heavy atom. The Labute approximate surface area is 145 Å². The van der Waals surface area contributed by atoms with E-state index in [9.17, 15) is 18.0 Å². The number of alkyl halides is 2. The molecule has 0 radical (unpaired) electrons. The van der Waals surface area contributed by atoms with Crippen molar-refractivity contribution in [3.63, 3.8) is 0 Å². The molecule has 0 amide bonds. The number of nitrogens with zero attached hydrogens (tertiary/aromatic N) is 6. The minimum atomic E-state index is -2.70. The van der Waals surface area contributed by atoms with Crippen LogP contribution in [0.4, 0.5) is 24.7 Å². The first kappa shape index (κ1) is 17.5. The first-order valence-corrected chi connectivity index (χ1v) is 7.84. The summed E-state index contributed by atoms with van der Waals surface area (Å²) in [5, 5.41) is 3.59. The summed E-state index contributed by atoms with van der Waals surface area (Å²) in [5.41, 5.74) is -0.385. The lowest BCUT2D eigenvalue weighted by Crippen LogP contribution is -2.47. The molecule has 1 fully saturated rings. The molecule has 7 nitrogen and oxygen atoms in total. The molecule has 3 rings (SSSR count). The van der Waals surface area contributed by atoms with Crippen molar-refractivity contribution in [3.8, 4) is 0 Å². The minimum absolute atomic E-state index is 0.155. The smallest absolute Gasteiger partial charge is 0.287 e. The lowest BCUT2D eigenvalue weighted by Gasteiger charge is -2.36. The SMILES string of the molecule is O=c1c(Cl)c(N2CCN(c3ncncc3F)CC2)cnn1CC(F)F. The van der Waals surface area contributed by atoms with E-state index in [1.54, 1.807) is 9.80 Å². The maximum Gasteiger partial charge on any atom is 0.287 e. The standard InChI is InChI=1S/C14H14ClF3N6O/c15-12-10(6-21-24(14(12)25)7-11(17)18)22-1-3-23(4-2-22)13-9(16)5-19-8-20-13/h5-6,8,11H,1-4,7H2. The van der Waals surface area contributed by atoms with Gasteiger partial charge in [0.05, 0.1) is 18.1 Å². The maximum atomic E-state index is 13.7. The zero-order valence-corrected chi connectivity index (χ0v) is 13.7. The molecule has 0 atom stereocenters. The van der Waals surface area contributed by atoms with Gasteiger partial charge >= 0.3 is 0 Å². The first-order chi connectivity index (χ1) is 12.0. The molecular weight excluding hydrogens is 361 g/mol. The summed E-state index contributed by atoms with van der Waals surface area (Å²) >= 11 is 6.04. The second-order valence-corrected chi connectivity index (χ2v) is 5.77. The summed E-state index contributed by atoms with van der Waals surface area (Å²) < 4.78 is 39.2. The van der Waals surface area contributed by atoms with Crippen LogP contribution in [-0.2, 0) is 6.54 Å². The van der Waals surface area contributed by atoms with Gasteiger partial charge < -0.3 is 9.80 Å². The van der Waals surface area contributed by atoms with Crippen LogP contribution >= 0.6 is 11.6 Å².